The number of rotatable bonds is 5. The van der Waals surface area contributed by atoms with Crippen LogP contribution in [0.4, 0.5) is 16.2 Å². The second kappa shape index (κ2) is 6.65. The number of nitrogens with zero attached hydrogens (tertiary/aromatic N) is 2. The molecule has 106 valence electrons. The van der Waals surface area contributed by atoms with E-state index in [0.29, 0.717) is 5.95 Å². The third-order valence-corrected chi connectivity index (χ3v) is 3.39. The molecule has 1 aromatic heterocycles. The maximum absolute atomic E-state index is 12.9. The van der Waals surface area contributed by atoms with E-state index in [1.54, 1.807) is 25.4 Å². The Labute approximate surface area is 126 Å². The highest BCUT2D eigenvalue weighted by Gasteiger charge is 2.09. The molecule has 0 aliphatic carbocycles. The Morgan fingerprint density at radius 2 is 2.00 bits per heavy atom. The summed E-state index contributed by atoms with van der Waals surface area (Å²) in [5.41, 5.74) is 1.07. The Morgan fingerprint density at radius 3 is 2.65 bits per heavy atom. The smallest absolute Gasteiger partial charge is 0.224 e. The average Bonchev–Trinajstić information content (AvgIpc) is 2.44. The normalized spacial score (nSPS) is 12.0. The van der Waals surface area contributed by atoms with Crippen molar-refractivity contribution in [2.45, 2.75) is 19.4 Å². The van der Waals surface area contributed by atoms with Crippen molar-refractivity contribution in [3.05, 3.63) is 46.3 Å². The van der Waals surface area contributed by atoms with E-state index >= 15 is 0 Å². The number of aromatic nitrogens is 2. The highest BCUT2D eigenvalue weighted by molar-refractivity contribution is 9.10. The van der Waals surface area contributed by atoms with Crippen molar-refractivity contribution in [3.63, 3.8) is 0 Å². The fourth-order valence-electron chi connectivity index (χ4n) is 1.85. The minimum atomic E-state index is -0.216. The largest absolute Gasteiger partial charge is 0.366 e. The number of halogens is 2. The van der Waals surface area contributed by atoms with Crippen molar-refractivity contribution >= 4 is 27.7 Å². The molecule has 0 saturated carbocycles. The van der Waals surface area contributed by atoms with E-state index in [9.17, 15) is 4.39 Å². The molecular formula is C14H16BrFN4. The summed E-state index contributed by atoms with van der Waals surface area (Å²) in [6.45, 7) is 2.05. The van der Waals surface area contributed by atoms with Crippen LogP contribution in [0.1, 0.15) is 12.5 Å². The van der Waals surface area contributed by atoms with Gasteiger partial charge in [0.05, 0.1) is 4.47 Å². The van der Waals surface area contributed by atoms with E-state index in [-0.39, 0.29) is 11.9 Å². The van der Waals surface area contributed by atoms with Crippen LogP contribution >= 0.6 is 15.9 Å². The van der Waals surface area contributed by atoms with Crippen LogP contribution in [0.3, 0.4) is 0 Å². The molecule has 0 amide bonds. The maximum Gasteiger partial charge on any atom is 0.224 e. The van der Waals surface area contributed by atoms with E-state index in [4.69, 9.17) is 0 Å². The Hall–Kier alpha value is -1.69. The molecule has 6 heteroatoms. The van der Waals surface area contributed by atoms with E-state index in [1.165, 1.54) is 12.1 Å². The second-order valence-electron chi connectivity index (χ2n) is 4.52. The summed E-state index contributed by atoms with van der Waals surface area (Å²) in [7, 11) is 1.77. The predicted octanol–water partition coefficient (Wildman–Crippen LogP) is 3.46. The molecule has 2 rings (SSSR count). The van der Waals surface area contributed by atoms with Gasteiger partial charge in [0.15, 0.2) is 0 Å². The number of anilines is 2. The number of hydrogen-bond acceptors (Lipinski definition) is 4. The van der Waals surface area contributed by atoms with Gasteiger partial charge in [0, 0.05) is 19.3 Å². The minimum absolute atomic E-state index is 0.163. The summed E-state index contributed by atoms with van der Waals surface area (Å²) in [5, 5.41) is 6.22. The molecule has 0 bridgehead atoms. The Morgan fingerprint density at radius 1 is 1.30 bits per heavy atom. The van der Waals surface area contributed by atoms with Gasteiger partial charge in [-0.25, -0.2) is 9.37 Å². The van der Waals surface area contributed by atoms with Gasteiger partial charge in [-0.15, -0.1) is 0 Å². The standard InChI is InChI=1S/C14H16BrFN4/c1-9(7-10-3-5-11(16)6-4-10)19-13-12(15)8-18-14(17-2)20-13/h3-6,8-9H,7H2,1-2H3,(H2,17,18,19,20). The molecule has 2 N–H and O–H groups in total. The third-order valence-electron chi connectivity index (χ3n) is 2.81. The lowest BCUT2D eigenvalue weighted by molar-refractivity contribution is 0.626. The van der Waals surface area contributed by atoms with E-state index in [1.807, 2.05) is 0 Å². The fourth-order valence-corrected chi connectivity index (χ4v) is 2.15. The van der Waals surface area contributed by atoms with Crippen LogP contribution in [0.15, 0.2) is 34.9 Å². The van der Waals surface area contributed by atoms with E-state index in [0.717, 1.165) is 22.3 Å². The Kier molecular flexibility index (Phi) is 4.89. The number of hydrogen-bond donors (Lipinski definition) is 2. The van der Waals surface area contributed by atoms with Crippen LogP contribution in [0.25, 0.3) is 0 Å². The van der Waals surface area contributed by atoms with Crippen molar-refractivity contribution < 1.29 is 4.39 Å². The molecule has 0 fully saturated rings. The zero-order chi connectivity index (χ0) is 14.5. The van der Waals surface area contributed by atoms with E-state index in [2.05, 4.69) is 43.5 Å². The third kappa shape index (κ3) is 3.90. The van der Waals surface area contributed by atoms with Crippen LogP contribution in [0, 0.1) is 5.82 Å². The second-order valence-corrected chi connectivity index (χ2v) is 5.37. The minimum Gasteiger partial charge on any atom is -0.366 e. The van der Waals surface area contributed by atoms with Gasteiger partial charge in [-0.2, -0.15) is 4.98 Å². The summed E-state index contributed by atoms with van der Waals surface area (Å²) in [6.07, 6.45) is 2.48. The highest BCUT2D eigenvalue weighted by Crippen LogP contribution is 2.21. The van der Waals surface area contributed by atoms with Crippen LogP contribution < -0.4 is 10.6 Å². The summed E-state index contributed by atoms with van der Waals surface area (Å²) in [5.74, 6) is 1.08. The van der Waals surface area contributed by atoms with Crippen LogP contribution in [-0.4, -0.2) is 23.1 Å². The summed E-state index contributed by atoms with van der Waals surface area (Å²) >= 11 is 3.42. The predicted molar refractivity (Wildman–Crippen MR) is 82.5 cm³/mol. The first-order valence-corrected chi connectivity index (χ1v) is 7.09. The molecule has 2 aromatic rings. The fraction of sp³-hybridized carbons (Fsp3) is 0.286. The van der Waals surface area contributed by atoms with Crippen molar-refractivity contribution in [2.24, 2.45) is 0 Å². The molecule has 0 spiro atoms. The van der Waals surface area contributed by atoms with Gasteiger partial charge in [-0.05, 0) is 47.0 Å². The van der Waals surface area contributed by atoms with Gasteiger partial charge in [0.25, 0.3) is 0 Å². The molecule has 0 radical (unpaired) electrons. The van der Waals surface area contributed by atoms with E-state index < -0.39 is 0 Å². The van der Waals surface area contributed by atoms with Crippen molar-refractivity contribution in [1.82, 2.24) is 9.97 Å². The topological polar surface area (TPSA) is 49.8 Å². The van der Waals surface area contributed by atoms with Crippen LogP contribution in [-0.2, 0) is 6.42 Å². The maximum atomic E-state index is 12.9. The number of nitrogens with one attached hydrogen (secondary N) is 2. The van der Waals surface area contributed by atoms with Crippen molar-refractivity contribution in [2.75, 3.05) is 17.7 Å². The summed E-state index contributed by atoms with van der Waals surface area (Å²) in [6, 6.07) is 6.70. The lowest BCUT2D eigenvalue weighted by Gasteiger charge is -2.16. The van der Waals surface area contributed by atoms with Gasteiger partial charge >= 0.3 is 0 Å². The first kappa shape index (κ1) is 14.7. The summed E-state index contributed by atoms with van der Waals surface area (Å²) < 4.78 is 13.7. The van der Waals surface area contributed by atoms with Gasteiger partial charge in [-0.3, -0.25) is 0 Å². The molecular weight excluding hydrogens is 323 g/mol. The molecule has 1 unspecified atom stereocenters. The van der Waals surface area contributed by atoms with Gasteiger partial charge in [-0.1, -0.05) is 12.1 Å². The Balaban J connectivity index is 2.04. The quantitative estimate of drug-likeness (QED) is 0.876. The molecule has 1 atom stereocenters. The lowest BCUT2D eigenvalue weighted by Crippen LogP contribution is -2.19. The average molecular weight is 339 g/mol. The first-order chi connectivity index (χ1) is 9.58. The molecule has 1 heterocycles. The van der Waals surface area contributed by atoms with Crippen LogP contribution in [0.5, 0.6) is 0 Å². The van der Waals surface area contributed by atoms with Crippen molar-refractivity contribution in [1.29, 1.82) is 0 Å². The number of benzene rings is 1. The summed E-state index contributed by atoms with van der Waals surface area (Å²) in [4.78, 5) is 8.45. The molecule has 4 nitrogen and oxygen atoms in total. The van der Waals surface area contributed by atoms with Crippen molar-refractivity contribution in [3.8, 4) is 0 Å². The molecule has 0 saturated heterocycles. The van der Waals surface area contributed by atoms with Gasteiger partial charge in [0.2, 0.25) is 5.95 Å². The molecule has 20 heavy (non-hydrogen) atoms. The monoisotopic (exact) mass is 338 g/mol. The van der Waals surface area contributed by atoms with Crippen LogP contribution in [0.2, 0.25) is 0 Å². The highest BCUT2D eigenvalue weighted by atomic mass is 79.9. The first-order valence-electron chi connectivity index (χ1n) is 6.29. The van der Waals surface area contributed by atoms with Gasteiger partial charge in [0.1, 0.15) is 11.6 Å². The zero-order valence-electron chi connectivity index (χ0n) is 11.3. The Bertz CT molecular complexity index is 574. The molecule has 0 aliphatic heterocycles. The van der Waals surface area contributed by atoms with Gasteiger partial charge < -0.3 is 10.6 Å². The molecule has 1 aromatic carbocycles. The zero-order valence-corrected chi connectivity index (χ0v) is 12.9. The SMILES string of the molecule is CNc1ncc(Br)c(NC(C)Cc2ccc(F)cc2)n1. The molecule has 0 aliphatic rings. The lowest BCUT2D eigenvalue weighted by atomic mass is 10.1.